The maximum atomic E-state index is 12.4. The van der Waals surface area contributed by atoms with Crippen molar-refractivity contribution in [1.29, 1.82) is 0 Å². The Morgan fingerprint density at radius 2 is 1.79 bits per heavy atom. The van der Waals surface area contributed by atoms with Crippen LogP contribution in [0, 0.1) is 10.1 Å². The average Bonchev–Trinajstić information content (AvgIpc) is 2.87. The summed E-state index contributed by atoms with van der Waals surface area (Å²) in [5.41, 5.74) is -0.567. The molecule has 39 heavy (non-hydrogen) atoms. The highest BCUT2D eigenvalue weighted by Crippen LogP contribution is 2.35. The Balaban J connectivity index is 2.02. The topological polar surface area (TPSA) is 155 Å². The van der Waals surface area contributed by atoms with E-state index in [9.17, 15) is 24.5 Å². The fraction of sp³-hybridized carbons (Fsp3) is 0.423. The smallest absolute Gasteiger partial charge is 0.407 e. The number of benzene rings is 2. The number of carbonyl (C=O) groups excluding carboxylic acids is 3. The van der Waals surface area contributed by atoms with Crippen LogP contribution in [0.4, 0.5) is 15.3 Å². The van der Waals surface area contributed by atoms with Crippen LogP contribution in [0.2, 0.25) is 5.02 Å². The Hall–Kier alpha value is -4.06. The number of halogens is 1. The van der Waals surface area contributed by atoms with Crippen LogP contribution in [0.25, 0.3) is 0 Å². The summed E-state index contributed by atoms with van der Waals surface area (Å²) in [5.74, 6) is -0.946. The van der Waals surface area contributed by atoms with Gasteiger partial charge in [-0.3, -0.25) is 10.1 Å². The summed E-state index contributed by atoms with van der Waals surface area (Å²) in [7, 11) is 1.13. The number of nitro groups is 1. The lowest BCUT2D eigenvalue weighted by molar-refractivity contribution is -0.384. The molecule has 13 heteroatoms. The highest BCUT2D eigenvalue weighted by Gasteiger charge is 2.24. The number of ether oxygens (including phenoxy) is 4. The summed E-state index contributed by atoms with van der Waals surface area (Å²) < 4.78 is 20.8. The van der Waals surface area contributed by atoms with E-state index in [0.29, 0.717) is 12.8 Å². The fourth-order valence-electron chi connectivity index (χ4n) is 3.23. The number of rotatable bonds is 12. The van der Waals surface area contributed by atoms with Crippen LogP contribution in [-0.4, -0.2) is 55.0 Å². The van der Waals surface area contributed by atoms with Crippen LogP contribution in [0.3, 0.4) is 0 Å². The first-order chi connectivity index (χ1) is 18.4. The number of carbonyl (C=O) groups is 3. The maximum absolute atomic E-state index is 12.4. The van der Waals surface area contributed by atoms with Gasteiger partial charge in [-0.25, -0.2) is 14.4 Å². The first kappa shape index (κ1) is 31.2. The Morgan fingerprint density at radius 3 is 2.41 bits per heavy atom. The molecule has 0 bridgehead atoms. The molecule has 0 saturated heterocycles. The van der Waals surface area contributed by atoms with Crippen molar-refractivity contribution in [2.24, 2.45) is 0 Å². The van der Waals surface area contributed by atoms with Gasteiger partial charge in [0.15, 0.2) is 5.02 Å². The third kappa shape index (κ3) is 11.1. The molecule has 0 aliphatic rings. The van der Waals surface area contributed by atoms with Crippen molar-refractivity contribution in [2.45, 2.75) is 51.9 Å². The Morgan fingerprint density at radius 1 is 1.10 bits per heavy atom. The Kier molecular flexibility index (Phi) is 11.8. The number of hydrogen-bond acceptors (Lipinski definition) is 9. The molecule has 2 aromatic carbocycles. The van der Waals surface area contributed by atoms with E-state index in [-0.39, 0.29) is 36.1 Å². The Bertz CT molecular complexity index is 1150. The van der Waals surface area contributed by atoms with Gasteiger partial charge in [0.05, 0.1) is 23.6 Å². The van der Waals surface area contributed by atoms with Crippen molar-refractivity contribution in [1.82, 2.24) is 10.6 Å². The number of nitrogens with zero attached hydrogens (tertiary/aromatic N) is 1. The van der Waals surface area contributed by atoms with Gasteiger partial charge in [0.1, 0.15) is 24.6 Å². The number of nitro benzene ring substituents is 1. The van der Waals surface area contributed by atoms with Gasteiger partial charge in [-0.1, -0.05) is 41.9 Å². The molecule has 0 fully saturated rings. The van der Waals surface area contributed by atoms with Gasteiger partial charge in [-0.15, -0.1) is 0 Å². The Labute approximate surface area is 231 Å². The van der Waals surface area contributed by atoms with E-state index in [1.165, 1.54) is 6.07 Å². The van der Waals surface area contributed by atoms with Crippen LogP contribution < -0.4 is 15.4 Å². The fourth-order valence-corrected chi connectivity index (χ4v) is 3.46. The van der Waals surface area contributed by atoms with E-state index in [0.717, 1.165) is 18.7 Å². The molecule has 2 aromatic rings. The normalized spacial score (nSPS) is 11.6. The van der Waals surface area contributed by atoms with Gasteiger partial charge in [0, 0.05) is 12.6 Å². The molecule has 2 amide bonds. The molecule has 1 atom stereocenters. The third-order valence-corrected chi connectivity index (χ3v) is 5.39. The lowest BCUT2D eigenvalue weighted by Gasteiger charge is -2.24. The minimum Gasteiger partial charge on any atom is -0.490 e. The number of alkyl carbamates (subject to hydrolysis) is 2. The quantitative estimate of drug-likeness (QED) is 0.119. The molecule has 0 spiro atoms. The van der Waals surface area contributed by atoms with E-state index < -0.39 is 40.4 Å². The molecule has 0 heterocycles. The highest BCUT2D eigenvalue weighted by molar-refractivity contribution is 6.34. The second-order valence-electron chi connectivity index (χ2n) is 9.34. The van der Waals surface area contributed by atoms with Crippen LogP contribution in [0.15, 0.2) is 42.5 Å². The summed E-state index contributed by atoms with van der Waals surface area (Å²) in [6.45, 7) is 5.32. The van der Waals surface area contributed by atoms with Crippen LogP contribution in [0.5, 0.6) is 5.75 Å². The molecule has 0 aromatic heterocycles. The first-order valence-electron chi connectivity index (χ1n) is 12.0. The van der Waals surface area contributed by atoms with Crippen molar-refractivity contribution < 1.29 is 38.3 Å². The molecule has 2 N–H and O–H groups in total. The molecular formula is C26H32ClN3O9. The van der Waals surface area contributed by atoms with Crippen molar-refractivity contribution in [3.05, 3.63) is 68.7 Å². The summed E-state index contributed by atoms with van der Waals surface area (Å²) >= 11 is 6.14. The predicted octanol–water partition coefficient (Wildman–Crippen LogP) is 5.01. The zero-order valence-electron chi connectivity index (χ0n) is 22.2. The van der Waals surface area contributed by atoms with Crippen molar-refractivity contribution >= 4 is 35.4 Å². The molecule has 0 saturated carbocycles. The number of methoxy groups -OCH3 is 1. The standard InChI is InChI=1S/C26H32ClN3O9/c1-26(2,3)39-25(33)29-19(11-8-12-28-24(32)38-15-17-9-6-5-7-10-17)16-37-21-14-18(23(31)36-4)13-20(22(21)27)30(34)35/h5-7,9-10,13-14,19H,8,11-12,15-16H2,1-4H3,(H,28,32)(H,29,33)/t19-/m0/s1. The van der Waals surface area contributed by atoms with Crippen molar-refractivity contribution in [3.8, 4) is 5.75 Å². The molecule has 0 radical (unpaired) electrons. The minimum atomic E-state index is -0.812. The molecule has 0 aliphatic heterocycles. The summed E-state index contributed by atoms with van der Waals surface area (Å²) in [6, 6.07) is 10.8. The van der Waals surface area contributed by atoms with Gasteiger partial charge >= 0.3 is 18.2 Å². The zero-order valence-corrected chi connectivity index (χ0v) is 22.9. The van der Waals surface area contributed by atoms with Crippen LogP contribution >= 0.6 is 11.6 Å². The minimum absolute atomic E-state index is 0.126. The van der Waals surface area contributed by atoms with Gasteiger partial charge < -0.3 is 29.6 Å². The second kappa shape index (κ2) is 14.8. The number of esters is 1. The van der Waals surface area contributed by atoms with E-state index in [1.807, 2.05) is 30.3 Å². The van der Waals surface area contributed by atoms with Gasteiger partial charge in [-0.05, 0) is 45.2 Å². The van der Waals surface area contributed by atoms with E-state index in [1.54, 1.807) is 20.8 Å². The van der Waals surface area contributed by atoms with E-state index in [4.69, 9.17) is 25.8 Å². The van der Waals surface area contributed by atoms with Crippen LogP contribution in [-0.2, 0) is 20.8 Å². The van der Waals surface area contributed by atoms with Crippen molar-refractivity contribution in [3.63, 3.8) is 0 Å². The first-order valence-corrected chi connectivity index (χ1v) is 12.4. The lowest BCUT2D eigenvalue weighted by Crippen LogP contribution is -2.42. The van der Waals surface area contributed by atoms with Crippen molar-refractivity contribution in [2.75, 3.05) is 20.3 Å². The average molecular weight is 566 g/mol. The maximum Gasteiger partial charge on any atom is 0.407 e. The van der Waals surface area contributed by atoms with E-state index in [2.05, 4.69) is 15.4 Å². The molecule has 0 aliphatic carbocycles. The molecule has 2 rings (SSSR count). The molecule has 212 valence electrons. The molecule has 12 nitrogen and oxygen atoms in total. The predicted molar refractivity (Wildman–Crippen MR) is 142 cm³/mol. The third-order valence-electron chi connectivity index (χ3n) is 5.01. The zero-order chi connectivity index (χ0) is 29.0. The summed E-state index contributed by atoms with van der Waals surface area (Å²) in [4.78, 5) is 47.0. The molecule has 0 unspecified atom stereocenters. The number of nitrogens with one attached hydrogen (secondary N) is 2. The van der Waals surface area contributed by atoms with Gasteiger partial charge in [-0.2, -0.15) is 0 Å². The van der Waals surface area contributed by atoms with Gasteiger partial charge in [0.2, 0.25) is 0 Å². The van der Waals surface area contributed by atoms with E-state index >= 15 is 0 Å². The monoisotopic (exact) mass is 565 g/mol. The van der Waals surface area contributed by atoms with Crippen LogP contribution in [0.1, 0.15) is 49.5 Å². The molecular weight excluding hydrogens is 534 g/mol. The summed E-state index contributed by atoms with van der Waals surface area (Å²) in [5, 5.41) is 16.4. The second-order valence-corrected chi connectivity index (χ2v) is 9.72. The largest absolute Gasteiger partial charge is 0.490 e. The summed E-state index contributed by atoms with van der Waals surface area (Å²) in [6.07, 6.45) is -0.549. The highest BCUT2D eigenvalue weighted by atomic mass is 35.5. The SMILES string of the molecule is COC(=O)c1cc(OC[C@H](CCCNC(=O)OCc2ccccc2)NC(=O)OC(C)(C)C)c(Cl)c([N+](=O)[O-])c1. The van der Waals surface area contributed by atoms with Gasteiger partial charge in [0.25, 0.3) is 5.69 Å². The number of hydrogen-bond donors (Lipinski definition) is 2. The number of amides is 2. The lowest BCUT2D eigenvalue weighted by atomic mass is 10.1.